The number of pyridine rings is 1. The molecule has 3 aromatic rings. The summed E-state index contributed by atoms with van der Waals surface area (Å²) in [7, 11) is 0. The summed E-state index contributed by atoms with van der Waals surface area (Å²) >= 11 is 0. The standard InChI is InChI=1S/C22H19N3O/c1-17(22(26)24-21-9-7-20(16-23)8-10-21)25-13-11-19(12-14-25)15-18-5-3-2-4-6-18/h2-14,17H,15H2,1H3/p+1/t17-/m1/s1. The quantitative estimate of drug-likeness (QED) is 0.720. The Morgan fingerprint density at radius 3 is 2.23 bits per heavy atom. The molecule has 0 spiro atoms. The van der Waals surface area contributed by atoms with Crippen LogP contribution in [0.2, 0.25) is 0 Å². The van der Waals surface area contributed by atoms with Gasteiger partial charge in [-0.3, -0.25) is 4.79 Å². The predicted molar refractivity (Wildman–Crippen MR) is 100 cm³/mol. The number of nitrogens with one attached hydrogen (secondary N) is 1. The van der Waals surface area contributed by atoms with Gasteiger partial charge >= 0.3 is 0 Å². The molecule has 1 N–H and O–H groups in total. The van der Waals surface area contributed by atoms with Gasteiger partial charge in [0.1, 0.15) is 0 Å². The Morgan fingerprint density at radius 1 is 1.00 bits per heavy atom. The Balaban J connectivity index is 1.64. The normalized spacial score (nSPS) is 11.4. The molecule has 0 unspecified atom stereocenters. The van der Waals surface area contributed by atoms with E-state index in [1.54, 1.807) is 24.3 Å². The SMILES string of the molecule is C[C@H](C(=O)Nc1ccc(C#N)cc1)[n+]1ccc(Cc2ccccc2)cc1. The molecular formula is C22H20N3O+. The minimum Gasteiger partial charge on any atom is -0.320 e. The third-order valence-electron chi connectivity index (χ3n) is 4.28. The van der Waals surface area contributed by atoms with Crippen LogP contribution in [0.1, 0.15) is 29.7 Å². The number of benzene rings is 2. The lowest BCUT2D eigenvalue weighted by Crippen LogP contribution is -2.44. The van der Waals surface area contributed by atoms with Crippen LogP contribution in [0.4, 0.5) is 5.69 Å². The number of amides is 1. The second kappa shape index (κ2) is 8.09. The number of rotatable bonds is 5. The van der Waals surface area contributed by atoms with Gasteiger partial charge in [0.25, 0.3) is 5.91 Å². The van der Waals surface area contributed by atoms with E-state index < -0.39 is 0 Å². The number of aromatic nitrogens is 1. The summed E-state index contributed by atoms with van der Waals surface area (Å²) in [6, 6.07) is 22.9. The molecule has 0 bridgehead atoms. The minimum absolute atomic E-state index is 0.101. The average molecular weight is 342 g/mol. The maximum absolute atomic E-state index is 12.4. The van der Waals surface area contributed by atoms with Gasteiger partial charge in [-0.15, -0.1) is 0 Å². The summed E-state index contributed by atoms with van der Waals surface area (Å²) in [4.78, 5) is 12.4. The fourth-order valence-corrected chi connectivity index (χ4v) is 2.69. The van der Waals surface area contributed by atoms with Gasteiger partial charge in [-0.1, -0.05) is 30.3 Å². The maximum Gasteiger partial charge on any atom is 0.293 e. The molecule has 1 heterocycles. The first-order chi connectivity index (χ1) is 12.7. The van der Waals surface area contributed by atoms with Crippen molar-refractivity contribution in [2.75, 3.05) is 5.32 Å². The van der Waals surface area contributed by atoms with Gasteiger partial charge < -0.3 is 5.32 Å². The van der Waals surface area contributed by atoms with E-state index in [9.17, 15) is 4.79 Å². The maximum atomic E-state index is 12.4. The molecule has 0 aliphatic rings. The van der Waals surface area contributed by atoms with Crippen LogP contribution < -0.4 is 9.88 Å². The number of nitriles is 1. The van der Waals surface area contributed by atoms with Gasteiger partial charge in [-0.25, -0.2) is 0 Å². The second-order valence-electron chi connectivity index (χ2n) is 6.17. The van der Waals surface area contributed by atoms with E-state index in [0.29, 0.717) is 11.3 Å². The molecule has 0 aliphatic carbocycles. The van der Waals surface area contributed by atoms with Crippen molar-refractivity contribution >= 4 is 11.6 Å². The first-order valence-electron chi connectivity index (χ1n) is 8.50. The Bertz CT molecular complexity index is 910. The van der Waals surface area contributed by atoms with Crippen LogP contribution >= 0.6 is 0 Å². The van der Waals surface area contributed by atoms with E-state index in [4.69, 9.17) is 5.26 Å². The zero-order valence-corrected chi connectivity index (χ0v) is 14.6. The topological polar surface area (TPSA) is 56.8 Å². The molecule has 4 nitrogen and oxygen atoms in total. The minimum atomic E-state index is -0.337. The monoisotopic (exact) mass is 342 g/mol. The highest BCUT2D eigenvalue weighted by Crippen LogP contribution is 2.11. The number of anilines is 1. The fourth-order valence-electron chi connectivity index (χ4n) is 2.69. The Hall–Kier alpha value is -3.45. The van der Waals surface area contributed by atoms with E-state index in [-0.39, 0.29) is 11.9 Å². The largest absolute Gasteiger partial charge is 0.320 e. The summed E-state index contributed by atoms with van der Waals surface area (Å²) in [5, 5.41) is 11.7. The van der Waals surface area contributed by atoms with Gasteiger partial charge in [-0.2, -0.15) is 9.83 Å². The summed E-state index contributed by atoms with van der Waals surface area (Å²) in [5.41, 5.74) is 3.71. The molecule has 0 aliphatic heterocycles. The fraction of sp³-hybridized carbons (Fsp3) is 0.136. The van der Waals surface area contributed by atoms with Crippen molar-refractivity contribution in [1.82, 2.24) is 0 Å². The van der Waals surface area contributed by atoms with Crippen molar-refractivity contribution in [2.24, 2.45) is 0 Å². The van der Waals surface area contributed by atoms with Crippen LogP contribution in [0.3, 0.4) is 0 Å². The number of nitrogens with zero attached hydrogens (tertiary/aromatic N) is 2. The third kappa shape index (κ3) is 4.34. The number of carbonyl (C=O) groups excluding carboxylic acids is 1. The zero-order chi connectivity index (χ0) is 18.4. The number of hydrogen-bond donors (Lipinski definition) is 1. The van der Waals surface area contributed by atoms with E-state index in [1.807, 2.05) is 54.2 Å². The van der Waals surface area contributed by atoms with Crippen LogP contribution in [-0.2, 0) is 11.2 Å². The Morgan fingerprint density at radius 2 is 1.62 bits per heavy atom. The van der Waals surface area contributed by atoms with Gasteiger partial charge in [0.15, 0.2) is 12.4 Å². The van der Waals surface area contributed by atoms with Crippen molar-refractivity contribution in [1.29, 1.82) is 5.26 Å². The van der Waals surface area contributed by atoms with Crippen LogP contribution in [-0.4, -0.2) is 5.91 Å². The van der Waals surface area contributed by atoms with E-state index in [1.165, 1.54) is 11.1 Å². The van der Waals surface area contributed by atoms with Gasteiger partial charge in [0, 0.05) is 24.7 Å². The van der Waals surface area contributed by atoms with Crippen LogP contribution in [0, 0.1) is 11.3 Å². The molecule has 2 aromatic carbocycles. The van der Waals surface area contributed by atoms with Gasteiger partial charge in [0.05, 0.1) is 11.6 Å². The molecule has 1 aromatic heterocycles. The van der Waals surface area contributed by atoms with E-state index in [2.05, 4.69) is 23.5 Å². The third-order valence-corrected chi connectivity index (χ3v) is 4.28. The molecule has 4 heteroatoms. The summed E-state index contributed by atoms with van der Waals surface area (Å²) in [5.74, 6) is -0.101. The number of carbonyl (C=O) groups is 1. The summed E-state index contributed by atoms with van der Waals surface area (Å²) < 4.78 is 1.88. The average Bonchev–Trinajstić information content (AvgIpc) is 2.69. The lowest BCUT2D eigenvalue weighted by atomic mass is 10.1. The molecule has 26 heavy (non-hydrogen) atoms. The van der Waals surface area contributed by atoms with Crippen molar-refractivity contribution in [3.05, 3.63) is 95.8 Å². The van der Waals surface area contributed by atoms with Crippen molar-refractivity contribution in [3.8, 4) is 6.07 Å². The van der Waals surface area contributed by atoms with Crippen LogP contribution in [0.5, 0.6) is 0 Å². The van der Waals surface area contributed by atoms with E-state index in [0.717, 1.165) is 6.42 Å². The smallest absolute Gasteiger partial charge is 0.293 e. The first kappa shape index (κ1) is 17.4. The molecular weight excluding hydrogens is 322 g/mol. The molecule has 0 radical (unpaired) electrons. The Labute approximate surface area is 153 Å². The highest BCUT2D eigenvalue weighted by molar-refractivity contribution is 5.92. The first-order valence-corrected chi connectivity index (χ1v) is 8.50. The second-order valence-corrected chi connectivity index (χ2v) is 6.17. The van der Waals surface area contributed by atoms with Crippen LogP contribution in [0.15, 0.2) is 79.1 Å². The molecule has 0 saturated carbocycles. The van der Waals surface area contributed by atoms with Gasteiger partial charge in [-0.05, 0) is 41.8 Å². The van der Waals surface area contributed by atoms with E-state index >= 15 is 0 Å². The zero-order valence-electron chi connectivity index (χ0n) is 14.6. The highest BCUT2D eigenvalue weighted by Gasteiger charge is 2.21. The van der Waals surface area contributed by atoms with Crippen LogP contribution in [0.25, 0.3) is 0 Å². The molecule has 1 atom stereocenters. The molecule has 0 saturated heterocycles. The summed E-state index contributed by atoms with van der Waals surface area (Å²) in [6.07, 6.45) is 4.73. The van der Waals surface area contributed by atoms with Crippen molar-refractivity contribution in [3.63, 3.8) is 0 Å². The van der Waals surface area contributed by atoms with Gasteiger partial charge in [0.2, 0.25) is 6.04 Å². The van der Waals surface area contributed by atoms with Crippen molar-refractivity contribution in [2.45, 2.75) is 19.4 Å². The Kier molecular flexibility index (Phi) is 5.40. The molecule has 3 rings (SSSR count). The van der Waals surface area contributed by atoms with Crippen molar-refractivity contribution < 1.29 is 9.36 Å². The molecule has 0 fully saturated rings. The lowest BCUT2D eigenvalue weighted by molar-refractivity contribution is -0.705. The highest BCUT2D eigenvalue weighted by atomic mass is 16.2. The summed E-state index contributed by atoms with van der Waals surface area (Å²) in [6.45, 7) is 1.86. The lowest BCUT2D eigenvalue weighted by Gasteiger charge is -2.09. The predicted octanol–water partition coefficient (Wildman–Crippen LogP) is 3.64. The number of hydrogen-bond acceptors (Lipinski definition) is 2. The molecule has 1 amide bonds. The molecule has 128 valence electrons.